The van der Waals surface area contributed by atoms with Crippen molar-refractivity contribution in [2.75, 3.05) is 23.3 Å². The van der Waals surface area contributed by atoms with E-state index in [9.17, 15) is 0 Å². The van der Waals surface area contributed by atoms with E-state index in [1.54, 1.807) is 6.26 Å². The van der Waals surface area contributed by atoms with Crippen LogP contribution in [0.2, 0.25) is 0 Å². The normalized spacial score (nSPS) is 10.6. The van der Waals surface area contributed by atoms with Crippen molar-refractivity contribution in [3.05, 3.63) is 36.0 Å². The largest absolute Gasteiger partial charge is 0.467 e. The van der Waals surface area contributed by atoms with Crippen LogP contribution in [0.25, 0.3) is 0 Å². The molecule has 0 bridgehead atoms. The van der Waals surface area contributed by atoms with Crippen LogP contribution in [-0.4, -0.2) is 23.1 Å². The maximum atomic E-state index is 5.44. The van der Waals surface area contributed by atoms with E-state index in [4.69, 9.17) is 9.40 Å². The molecule has 0 unspecified atom stereocenters. The SMILES string of the molecule is CCCc1nc(NCC)cc(N(CC)Cc2ccco2)n1. The van der Waals surface area contributed by atoms with E-state index in [-0.39, 0.29) is 0 Å². The second-order valence-electron chi connectivity index (χ2n) is 4.90. The van der Waals surface area contributed by atoms with E-state index in [1.165, 1.54) is 0 Å². The van der Waals surface area contributed by atoms with Crippen LogP contribution in [0.15, 0.2) is 28.9 Å². The minimum Gasteiger partial charge on any atom is -0.467 e. The number of aromatic nitrogens is 2. The molecule has 0 aliphatic heterocycles. The predicted octanol–water partition coefficient (Wildman–Crippen LogP) is 3.48. The van der Waals surface area contributed by atoms with Gasteiger partial charge in [0.25, 0.3) is 0 Å². The zero-order chi connectivity index (χ0) is 15.1. The van der Waals surface area contributed by atoms with Crippen LogP contribution in [0.1, 0.15) is 38.8 Å². The molecule has 0 amide bonds. The minimum absolute atomic E-state index is 0.720. The highest BCUT2D eigenvalue weighted by Crippen LogP contribution is 2.19. The van der Waals surface area contributed by atoms with Crippen molar-refractivity contribution < 1.29 is 4.42 Å². The Bertz CT molecular complexity index is 515. The molecule has 0 fully saturated rings. The lowest BCUT2D eigenvalue weighted by atomic mass is 10.3. The smallest absolute Gasteiger partial charge is 0.134 e. The molecule has 0 aromatic carbocycles. The van der Waals surface area contributed by atoms with E-state index in [1.807, 2.05) is 18.2 Å². The van der Waals surface area contributed by atoms with Gasteiger partial charge in [-0.1, -0.05) is 6.92 Å². The Morgan fingerprint density at radius 3 is 2.71 bits per heavy atom. The highest BCUT2D eigenvalue weighted by Gasteiger charge is 2.12. The van der Waals surface area contributed by atoms with Crippen LogP contribution >= 0.6 is 0 Å². The van der Waals surface area contributed by atoms with Crippen molar-refractivity contribution in [2.45, 2.75) is 40.2 Å². The highest BCUT2D eigenvalue weighted by atomic mass is 16.3. The van der Waals surface area contributed by atoms with Crippen molar-refractivity contribution >= 4 is 11.6 Å². The Morgan fingerprint density at radius 2 is 2.10 bits per heavy atom. The molecular formula is C16H24N4O. The van der Waals surface area contributed by atoms with Gasteiger partial charge in [-0.25, -0.2) is 9.97 Å². The van der Waals surface area contributed by atoms with Crippen molar-refractivity contribution in [3.8, 4) is 0 Å². The number of nitrogens with one attached hydrogen (secondary N) is 1. The molecule has 114 valence electrons. The lowest BCUT2D eigenvalue weighted by Gasteiger charge is -2.22. The van der Waals surface area contributed by atoms with Crippen molar-refractivity contribution in [3.63, 3.8) is 0 Å². The van der Waals surface area contributed by atoms with Gasteiger partial charge in [0.05, 0.1) is 12.8 Å². The summed E-state index contributed by atoms with van der Waals surface area (Å²) >= 11 is 0. The average molecular weight is 288 g/mol. The van der Waals surface area contributed by atoms with Crippen LogP contribution in [0, 0.1) is 0 Å². The first-order chi connectivity index (χ1) is 10.3. The molecule has 5 heteroatoms. The molecule has 2 aromatic heterocycles. The lowest BCUT2D eigenvalue weighted by molar-refractivity contribution is 0.502. The summed E-state index contributed by atoms with van der Waals surface area (Å²) in [7, 11) is 0. The standard InChI is InChI=1S/C16H24N4O/c1-4-8-14-18-15(17-5-2)11-16(19-14)20(6-3)12-13-9-7-10-21-13/h7,9-11H,4-6,8,12H2,1-3H3,(H,17,18,19). The molecule has 0 atom stereocenters. The van der Waals surface area contributed by atoms with Gasteiger partial charge < -0.3 is 14.6 Å². The second-order valence-corrected chi connectivity index (χ2v) is 4.90. The van der Waals surface area contributed by atoms with Gasteiger partial charge in [0.2, 0.25) is 0 Å². The van der Waals surface area contributed by atoms with Gasteiger partial charge in [0.15, 0.2) is 0 Å². The third kappa shape index (κ3) is 4.21. The lowest BCUT2D eigenvalue weighted by Crippen LogP contribution is -2.24. The predicted molar refractivity (Wildman–Crippen MR) is 85.6 cm³/mol. The average Bonchev–Trinajstić information content (AvgIpc) is 2.98. The van der Waals surface area contributed by atoms with Gasteiger partial charge in [-0.2, -0.15) is 0 Å². The van der Waals surface area contributed by atoms with E-state index < -0.39 is 0 Å². The molecule has 2 aromatic rings. The summed E-state index contributed by atoms with van der Waals surface area (Å²) in [6.45, 7) is 8.78. The topological polar surface area (TPSA) is 54.2 Å². The molecule has 0 saturated carbocycles. The number of hydrogen-bond donors (Lipinski definition) is 1. The van der Waals surface area contributed by atoms with Gasteiger partial charge >= 0.3 is 0 Å². The van der Waals surface area contributed by atoms with Crippen LogP contribution in [0.3, 0.4) is 0 Å². The van der Waals surface area contributed by atoms with Gasteiger partial charge in [0, 0.05) is 25.6 Å². The van der Waals surface area contributed by atoms with E-state index in [0.717, 1.165) is 55.7 Å². The fraction of sp³-hybridized carbons (Fsp3) is 0.500. The molecule has 1 N–H and O–H groups in total. The Labute approximate surface area is 126 Å². The van der Waals surface area contributed by atoms with Crippen molar-refractivity contribution in [1.82, 2.24) is 9.97 Å². The molecule has 0 radical (unpaired) electrons. The van der Waals surface area contributed by atoms with Gasteiger partial charge in [0.1, 0.15) is 23.2 Å². The molecule has 21 heavy (non-hydrogen) atoms. The maximum absolute atomic E-state index is 5.44. The van der Waals surface area contributed by atoms with Crippen LogP contribution in [0.5, 0.6) is 0 Å². The fourth-order valence-corrected chi connectivity index (χ4v) is 2.20. The number of furan rings is 1. The summed E-state index contributed by atoms with van der Waals surface area (Å²) in [6.07, 6.45) is 3.64. The quantitative estimate of drug-likeness (QED) is 0.806. The monoisotopic (exact) mass is 288 g/mol. The molecule has 0 spiro atoms. The van der Waals surface area contributed by atoms with Crippen LogP contribution in [0.4, 0.5) is 11.6 Å². The molecule has 5 nitrogen and oxygen atoms in total. The number of aryl methyl sites for hydroxylation is 1. The first-order valence-corrected chi connectivity index (χ1v) is 7.65. The number of nitrogens with zero attached hydrogens (tertiary/aromatic N) is 3. The zero-order valence-electron chi connectivity index (χ0n) is 13.1. The zero-order valence-corrected chi connectivity index (χ0v) is 13.1. The maximum Gasteiger partial charge on any atom is 0.134 e. The van der Waals surface area contributed by atoms with Crippen molar-refractivity contribution in [1.29, 1.82) is 0 Å². The van der Waals surface area contributed by atoms with Crippen molar-refractivity contribution in [2.24, 2.45) is 0 Å². The molecule has 0 aliphatic rings. The van der Waals surface area contributed by atoms with Crippen LogP contribution in [-0.2, 0) is 13.0 Å². The molecule has 2 rings (SSSR count). The van der Waals surface area contributed by atoms with Gasteiger partial charge in [-0.05, 0) is 32.4 Å². The number of hydrogen-bond acceptors (Lipinski definition) is 5. The van der Waals surface area contributed by atoms with E-state index in [0.29, 0.717) is 0 Å². The summed E-state index contributed by atoms with van der Waals surface area (Å²) in [5, 5.41) is 3.28. The van der Waals surface area contributed by atoms with E-state index in [2.05, 4.69) is 36.0 Å². The van der Waals surface area contributed by atoms with Gasteiger partial charge in [-0.3, -0.25) is 0 Å². The number of anilines is 2. The Balaban J connectivity index is 2.25. The molecule has 2 heterocycles. The summed E-state index contributed by atoms with van der Waals surface area (Å²) in [5.41, 5.74) is 0. The third-order valence-electron chi connectivity index (χ3n) is 3.22. The van der Waals surface area contributed by atoms with E-state index >= 15 is 0 Å². The third-order valence-corrected chi connectivity index (χ3v) is 3.22. The Kier molecular flexibility index (Phi) is 5.60. The minimum atomic E-state index is 0.720. The fourth-order valence-electron chi connectivity index (χ4n) is 2.20. The number of rotatable bonds is 8. The van der Waals surface area contributed by atoms with Crippen LogP contribution < -0.4 is 10.2 Å². The summed E-state index contributed by atoms with van der Waals surface area (Å²) in [4.78, 5) is 11.4. The molecule has 0 aliphatic carbocycles. The first kappa shape index (κ1) is 15.4. The molecular weight excluding hydrogens is 264 g/mol. The highest BCUT2D eigenvalue weighted by molar-refractivity contribution is 5.49. The Hall–Kier alpha value is -2.04. The Morgan fingerprint density at radius 1 is 1.24 bits per heavy atom. The molecule has 0 saturated heterocycles. The summed E-state index contributed by atoms with van der Waals surface area (Å²) in [5.74, 6) is 3.67. The van der Waals surface area contributed by atoms with Gasteiger partial charge in [-0.15, -0.1) is 0 Å². The first-order valence-electron chi connectivity index (χ1n) is 7.65. The second kappa shape index (κ2) is 7.67. The summed E-state index contributed by atoms with van der Waals surface area (Å²) in [6, 6.07) is 5.91. The summed E-state index contributed by atoms with van der Waals surface area (Å²) < 4.78 is 5.44.